The first-order valence-electron chi connectivity index (χ1n) is 5.32. The molecule has 0 aromatic heterocycles. The van der Waals surface area contributed by atoms with E-state index in [9.17, 15) is 14.9 Å². The normalized spacial score (nSPS) is 19.4. The summed E-state index contributed by atoms with van der Waals surface area (Å²) in [6, 6.07) is 3.12. The van der Waals surface area contributed by atoms with Gasteiger partial charge in [0.25, 0.3) is 5.69 Å². The van der Waals surface area contributed by atoms with Crippen molar-refractivity contribution < 1.29 is 9.72 Å². The number of nitro benzene ring substituents is 1. The Morgan fingerprint density at radius 3 is 2.67 bits per heavy atom. The molecule has 0 aliphatic carbocycles. The number of nitro groups is 1. The Kier molecular flexibility index (Phi) is 3.72. The Morgan fingerprint density at radius 2 is 2.17 bits per heavy atom. The lowest BCUT2D eigenvalue weighted by atomic mass is 10.1. The zero-order chi connectivity index (χ0) is 13.4. The van der Waals surface area contributed by atoms with Gasteiger partial charge in [-0.05, 0) is 35.3 Å². The molecule has 1 aromatic carbocycles. The molecule has 1 unspecified atom stereocenters. The molecule has 1 aromatic rings. The number of amides is 1. The van der Waals surface area contributed by atoms with Crippen molar-refractivity contribution in [2.24, 2.45) is 0 Å². The molecule has 2 rings (SSSR count). The Bertz CT molecular complexity index is 533. The Balaban J connectivity index is 2.48. The smallest absolute Gasteiger partial charge is 0.274 e. The summed E-state index contributed by atoms with van der Waals surface area (Å²) in [5.41, 5.74) is 1.15. The summed E-state index contributed by atoms with van der Waals surface area (Å²) in [5.74, 6) is -0.0612. The highest BCUT2D eigenvalue weighted by Gasteiger charge is 2.32. The number of hydrogen-bond donors (Lipinski definition) is 0. The van der Waals surface area contributed by atoms with Crippen LogP contribution in [0.25, 0.3) is 0 Å². The molecule has 1 amide bonds. The molecule has 0 radical (unpaired) electrons. The highest BCUT2D eigenvalue weighted by molar-refractivity contribution is 9.10. The number of aryl methyl sites for hydroxylation is 1. The number of benzene rings is 1. The van der Waals surface area contributed by atoms with Crippen LogP contribution >= 0.6 is 31.9 Å². The molecule has 1 atom stereocenters. The lowest BCUT2D eigenvalue weighted by molar-refractivity contribution is -0.385. The summed E-state index contributed by atoms with van der Waals surface area (Å²) in [6.07, 6.45) is 0.701. The van der Waals surface area contributed by atoms with Crippen LogP contribution < -0.4 is 4.90 Å². The lowest BCUT2D eigenvalue weighted by Crippen LogP contribution is -2.27. The van der Waals surface area contributed by atoms with Crippen LogP contribution in [-0.2, 0) is 4.79 Å². The number of alkyl halides is 1. The molecule has 1 aliphatic rings. The monoisotopic (exact) mass is 376 g/mol. The van der Waals surface area contributed by atoms with E-state index in [-0.39, 0.29) is 16.4 Å². The predicted octanol–water partition coefficient (Wildman–Crippen LogP) is 3.17. The van der Waals surface area contributed by atoms with E-state index in [1.54, 1.807) is 17.9 Å². The van der Waals surface area contributed by atoms with E-state index in [0.29, 0.717) is 28.7 Å². The quantitative estimate of drug-likeness (QED) is 0.451. The van der Waals surface area contributed by atoms with Crippen LogP contribution in [0.15, 0.2) is 16.6 Å². The van der Waals surface area contributed by atoms with E-state index >= 15 is 0 Å². The van der Waals surface area contributed by atoms with Crippen LogP contribution in [-0.4, -0.2) is 22.2 Å². The standard InChI is InChI=1S/C11H10Br2N2O3/c1-6-4-8(13)10(5-9(6)15(17)18)14-3-2-7(12)11(14)16/h4-5,7H,2-3H2,1H3. The lowest BCUT2D eigenvalue weighted by Gasteiger charge is -2.18. The van der Waals surface area contributed by atoms with E-state index in [0.717, 1.165) is 0 Å². The summed E-state index contributed by atoms with van der Waals surface area (Å²) >= 11 is 6.64. The summed E-state index contributed by atoms with van der Waals surface area (Å²) in [6.45, 7) is 2.24. The third-order valence-electron chi connectivity index (χ3n) is 2.89. The summed E-state index contributed by atoms with van der Waals surface area (Å²) in [4.78, 5) is 23.8. The Hall–Kier alpha value is -0.950. The van der Waals surface area contributed by atoms with E-state index < -0.39 is 4.92 Å². The van der Waals surface area contributed by atoms with Crippen LogP contribution in [0.1, 0.15) is 12.0 Å². The molecule has 1 heterocycles. The molecule has 0 spiro atoms. The van der Waals surface area contributed by atoms with Crippen LogP contribution in [0.3, 0.4) is 0 Å². The fourth-order valence-corrected chi connectivity index (χ4v) is 3.06. The zero-order valence-electron chi connectivity index (χ0n) is 9.52. The van der Waals surface area contributed by atoms with Crippen molar-refractivity contribution in [3.8, 4) is 0 Å². The van der Waals surface area contributed by atoms with Gasteiger partial charge in [0.2, 0.25) is 5.91 Å². The zero-order valence-corrected chi connectivity index (χ0v) is 12.7. The molecule has 0 N–H and O–H groups in total. The second kappa shape index (κ2) is 4.97. The number of hydrogen-bond acceptors (Lipinski definition) is 3. The minimum Gasteiger partial charge on any atom is -0.310 e. The predicted molar refractivity (Wildman–Crippen MR) is 75.2 cm³/mol. The molecule has 0 saturated carbocycles. The van der Waals surface area contributed by atoms with Crippen molar-refractivity contribution >= 4 is 49.1 Å². The number of rotatable bonds is 2. The fraction of sp³-hybridized carbons (Fsp3) is 0.364. The van der Waals surface area contributed by atoms with E-state index in [1.807, 2.05) is 0 Å². The largest absolute Gasteiger partial charge is 0.310 e. The SMILES string of the molecule is Cc1cc(Br)c(N2CCC(Br)C2=O)cc1[N+](=O)[O-]. The van der Waals surface area contributed by atoms with Gasteiger partial charge in [-0.1, -0.05) is 15.9 Å². The molecule has 1 saturated heterocycles. The molecular formula is C11H10Br2N2O3. The van der Waals surface area contributed by atoms with Crippen LogP contribution in [0.2, 0.25) is 0 Å². The molecule has 1 fully saturated rings. The minimum atomic E-state index is -0.433. The van der Waals surface area contributed by atoms with E-state index in [2.05, 4.69) is 31.9 Å². The number of anilines is 1. The van der Waals surface area contributed by atoms with E-state index in [1.165, 1.54) is 6.07 Å². The summed E-state index contributed by atoms with van der Waals surface area (Å²) < 4.78 is 0.695. The first kappa shape index (κ1) is 13.5. The molecule has 18 heavy (non-hydrogen) atoms. The third-order valence-corrected chi connectivity index (χ3v) is 4.38. The first-order chi connectivity index (χ1) is 8.41. The average molecular weight is 378 g/mol. The van der Waals surface area contributed by atoms with Crippen molar-refractivity contribution in [3.05, 3.63) is 32.3 Å². The van der Waals surface area contributed by atoms with Crippen molar-refractivity contribution in [2.45, 2.75) is 18.2 Å². The van der Waals surface area contributed by atoms with Gasteiger partial charge in [0.15, 0.2) is 0 Å². The van der Waals surface area contributed by atoms with Gasteiger partial charge in [0, 0.05) is 22.6 Å². The molecule has 5 nitrogen and oxygen atoms in total. The van der Waals surface area contributed by atoms with Gasteiger partial charge in [-0.3, -0.25) is 14.9 Å². The Morgan fingerprint density at radius 1 is 1.50 bits per heavy atom. The number of nitrogens with zero attached hydrogens (tertiary/aromatic N) is 2. The first-order valence-corrected chi connectivity index (χ1v) is 7.02. The van der Waals surface area contributed by atoms with Gasteiger partial charge >= 0.3 is 0 Å². The molecule has 0 bridgehead atoms. The minimum absolute atomic E-state index is 0.0269. The van der Waals surface area contributed by atoms with Crippen molar-refractivity contribution in [1.82, 2.24) is 0 Å². The topological polar surface area (TPSA) is 63.5 Å². The maximum absolute atomic E-state index is 11.9. The summed E-state index contributed by atoms with van der Waals surface area (Å²) in [7, 11) is 0. The average Bonchev–Trinajstić information content (AvgIpc) is 2.60. The highest BCUT2D eigenvalue weighted by Crippen LogP contribution is 2.36. The molecule has 96 valence electrons. The van der Waals surface area contributed by atoms with Gasteiger partial charge in [0.1, 0.15) is 0 Å². The second-order valence-electron chi connectivity index (χ2n) is 4.09. The number of carbonyl (C=O) groups excluding carboxylic acids is 1. The number of carbonyl (C=O) groups is 1. The Labute approximate surface area is 121 Å². The molecule has 1 aliphatic heterocycles. The summed E-state index contributed by atoms with van der Waals surface area (Å²) in [5, 5.41) is 10.9. The molecular weight excluding hydrogens is 368 g/mol. The fourth-order valence-electron chi connectivity index (χ4n) is 1.94. The van der Waals surface area contributed by atoms with Gasteiger partial charge in [-0.25, -0.2) is 0 Å². The second-order valence-corrected chi connectivity index (χ2v) is 6.05. The van der Waals surface area contributed by atoms with Crippen molar-refractivity contribution in [1.29, 1.82) is 0 Å². The van der Waals surface area contributed by atoms with Crippen LogP contribution in [0.4, 0.5) is 11.4 Å². The van der Waals surface area contributed by atoms with Crippen LogP contribution in [0, 0.1) is 17.0 Å². The van der Waals surface area contributed by atoms with Gasteiger partial charge < -0.3 is 4.90 Å². The van der Waals surface area contributed by atoms with E-state index in [4.69, 9.17) is 0 Å². The maximum atomic E-state index is 11.9. The van der Waals surface area contributed by atoms with Gasteiger partial charge in [-0.2, -0.15) is 0 Å². The third kappa shape index (κ3) is 2.29. The highest BCUT2D eigenvalue weighted by atomic mass is 79.9. The maximum Gasteiger partial charge on any atom is 0.274 e. The number of halogens is 2. The van der Waals surface area contributed by atoms with Crippen LogP contribution in [0.5, 0.6) is 0 Å². The van der Waals surface area contributed by atoms with Crippen molar-refractivity contribution in [3.63, 3.8) is 0 Å². The van der Waals surface area contributed by atoms with Gasteiger partial charge in [0.05, 0.1) is 15.4 Å². The molecule has 7 heteroatoms. The van der Waals surface area contributed by atoms with Crippen molar-refractivity contribution in [2.75, 3.05) is 11.4 Å². The van der Waals surface area contributed by atoms with Gasteiger partial charge in [-0.15, -0.1) is 0 Å².